The summed E-state index contributed by atoms with van der Waals surface area (Å²) >= 11 is 0. The van der Waals surface area contributed by atoms with E-state index >= 15 is 0 Å². The van der Waals surface area contributed by atoms with Crippen LogP contribution in [0, 0.1) is 11.3 Å². The number of aromatic nitrogens is 2. The minimum atomic E-state index is 0.101. The van der Waals surface area contributed by atoms with Crippen molar-refractivity contribution in [3.8, 4) is 0 Å². The first-order chi connectivity index (χ1) is 14.2. The summed E-state index contributed by atoms with van der Waals surface area (Å²) in [6.07, 6.45) is 16.5. The van der Waals surface area contributed by atoms with Gasteiger partial charge in [-0.3, -0.25) is 4.79 Å². The van der Waals surface area contributed by atoms with E-state index in [1.165, 1.54) is 69.3 Å². The molecule has 1 aromatic rings. The molecule has 1 aromatic heterocycles. The number of fused-ring (bicyclic) bond motifs is 1. The molecule has 0 aromatic carbocycles. The Balaban J connectivity index is 1.32. The predicted octanol–water partition coefficient (Wildman–Crippen LogP) is 4.60. The van der Waals surface area contributed by atoms with E-state index in [1.807, 2.05) is 6.20 Å². The highest BCUT2D eigenvalue weighted by Gasteiger charge is 2.35. The van der Waals surface area contributed by atoms with Gasteiger partial charge in [-0.2, -0.15) is 0 Å². The van der Waals surface area contributed by atoms with Crippen LogP contribution in [0.3, 0.4) is 0 Å². The monoisotopic (exact) mass is 401 g/mol. The van der Waals surface area contributed by atoms with Gasteiger partial charge >= 0.3 is 0 Å². The minimum Gasteiger partial charge on any atom is -0.382 e. The van der Waals surface area contributed by atoms with Crippen molar-refractivity contribution in [1.29, 1.82) is 0 Å². The maximum Gasteiger partial charge on any atom is 0.223 e. The zero-order valence-corrected chi connectivity index (χ0v) is 18.3. The van der Waals surface area contributed by atoms with E-state index in [9.17, 15) is 4.79 Å². The number of carbonyl (C=O) groups excluding carboxylic acids is 1. The zero-order chi connectivity index (χ0) is 20.1. The van der Waals surface area contributed by atoms with Crippen LogP contribution >= 0.6 is 0 Å². The Morgan fingerprint density at radius 1 is 1.21 bits per heavy atom. The lowest BCUT2D eigenvalue weighted by Gasteiger charge is -2.31. The first-order valence-electron chi connectivity index (χ1n) is 12.1. The molecule has 5 heteroatoms. The van der Waals surface area contributed by atoms with Crippen LogP contribution in [0.15, 0.2) is 6.20 Å². The number of rotatable bonds is 8. The van der Waals surface area contributed by atoms with Gasteiger partial charge in [0, 0.05) is 56.5 Å². The summed E-state index contributed by atoms with van der Waals surface area (Å²) in [5.74, 6) is 2.28. The molecule has 1 amide bonds. The van der Waals surface area contributed by atoms with Crippen LogP contribution < -0.4 is 5.32 Å². The number of hydrogen-bond acceptors (Lipinski definition) is 3. The van der Waals surface area contributed by atoms with Gasteiger partial charge in [-0.1, -0.05) is 32.1 Å². The molecule has 0 bridgehead atoms. The van der Waals surface area contributed by atoms with Gasteiger partial charge in [-0.05, 0) is 50.9 Å². The van der Waals surface area contributed by atoms with E-state index < -0.39 is 0 Å². The average Bonchev–Trinajstić information content (AvgIpc) is 3.40. The summed E-state index contributed by atoms with van der Waals surface area (Å²) in [5.41, 5.74) is 1.53. The highest BCUT2D eigenvalue weighted by molar-refractivity contribution is 5.79. The quantitative estimate of drug-likeness (QED) is 0.648. The molecule has 162 valence electrons. The molecule has 4 rings (SSSR count). The van der Waals surface area contributed by atoms with Crippen molar-refractivity contribution in [3.05, 3.63) is 17.7 Å². The molecular weight excluding hydrogens is 362 g/mol. The summed E-state index contributed by atoms with van der Waals surface area (Å²) < 4.78 is 8.04. The second-order valence-corrected chi connectivity index (χ2v) is 9.66. The minimum absolute atomic E-state index is 0.101. The second-order valence-electron chi connectivity index (χ2n) is 9.66. The summed E-state index contributed by atoms with van der Waals surface area (Å²) in [7, 11) is 0. The Morgan fingerprint density at radius 3 is 2.76 bits per heavy atom. The summed E-state index contributed by atoms with van der Waals surface area (Å²) in [6, 6.07) is 0. The fourth-order valence-electron chi connectivity index (χ4n) is 5.89. The van der Waals surface area contributed by atoms with Gasteiger partial charge in [-0.25, -0.2) is 4.98 Å². The summed E-state index contributed by atoms with van der Waals surface area (Å²) in [4.78, 5) is 17.8. The van der Waals surface area contributed by atoms with Crippen LogP contribution in [0.2, 0.25) is 0 Å². The number of nitrogens with one attached hydrogen (secondary N) is 1. The first kappa shape index (κ1) is 20.9. The van der Waals surface area contributed by atoms with Gasteiger partial charge in [0.15, 0.2) is 0 Å². The Hall–Kier alpha value is -1.36. The Kier molecular flexibility index (Phi) is 6.94. The van der Waals surface area contributed by atoms with Gasteiger partial charge < -0.3 is 14.6 Å². The zero-order valence-electron chi connectivity index (χ0n) is 18.3. The van der Waals surface area contributed by atoms with Gasteiger partial charge in [0.2, 0.25) is 5.91 Å². The van der Waals surface area contributed by atoms with Gasteiger partial charge in [0.25, 0.3) is 0 Å². The maximum absolute atomic E-state index is 13.0. The standard InChI is InChI=1S/C24H39N3O2/c1-2-29-15-13-24(11-6-7-12-24)18-26-23(28)20-10-14-27-21(16-20)17-25-22(27)19-8-4-3-5-9-19/h17,19-20H,2-16,18H2,1H3,(H,26,28)/t20-/m0/s1. The number of nitrogens with zero attached hydrogens (tertiary/aromatic N) is 2. The topological polar surface area (TPSA) is 56.1 Å². The van der Waals surface area contributed by atoms with Crippen molar-refractivity contribution in [1.82, 2.24) is 14.9 Å². The van der Waals surface area contributed by atoms with Gasteiger partial charge in [0.1, 0.15) is 5.82 Å². The third-order valence-corrected chi connectivity index (χ3v) is 7.75. The van der Waals surface area contributed by atoms with Crippen molar-refractivity contribution in [2.24, 2.45) is 11.3 Å². The molecule has 3 aliphatic rings. The average molecular weight is 402 g/mol. The van der Waals surface area contributed by atoms with Crippen molar-refractivity contribution in [2.75, 3.05) is 19.8 Å². The Bertz CT molecular complexity index is 672. The molecule has 5 nitrogen and oxygen atoms in total. The van der Waals surface area contributed by atoms with E-state index in [0.29, 0.717) is 5.92 Å². The number of ether oxygens (including phenoxy) is 1. The fraction of sp³-hybridized carbons (Fsp3) is 0.833. The molecule has 0 saturated heterocycles. The Morgan fingerprint density at radius 2 is 2.00 bits per heavy atom. The third kappa shape index (κ3) is 4.87. The molecule has 2 saturated carbocycles. The molecular formula is C24H39N3O2. The largest absolute Gasteiger partial charge is 0.382 e. The van der Waals surface area contributed by atoms with E-state index in [0.717, 1.165) is 45.6 Å². The summed E-state index contributed by atoms with van der Waals surface area (Å²) in [6.45, 7) is 5.42. The predicted molar refractivity (Wildman–Crippen MR) is 115 cm³/mol. The molecule has 1 N–H and O–H groups in total. The third-order valence-electron chi connectivity index (χ3n) is 7.75. The van der Waals surface area contributed by atoms with Crippen LogP contribution in [0.4, 0.5) is 0 Å². The molecule has 2 aliphatic carbocycles. The highest BCUT2D eigenvalue weighted by atomic mass is 16.5. The maximum atomic E-state index is 13.0. The number of carbonyl (C=O) groups is 1. The van der Waals surface area contributed by atoms with E-state index in [1.54, 1.807) is 0 Å². The normalized spacial score (nSPS) is 24.4. The first-order valence-corrected chi connectivity index (χ1v) is 12.1. The molecule has 1 aliphatic heterocycles. The van der Waals surface area contributed by atoms with Crippen LogP contribution in [-0.4, -0.2) is 35.2 Å². The number of hydrogen-bond donors (Lipinski definition) is 1. The van der Waals surface area contributed by atoms with Gasteiger partial charge in [-0.15, -0.1) is 0 Å². The molecule has 0 unspecified atom stereocenters. The van der Waals surface area contributed by atoms with Crippen LogP contribution in [0.5, 0.6) is 0 Å². The molecule has 0 radical (unpaired) electrons. The van der Waals surface area contributed by atoms with Gasteiger partial charge in [0.05, 0.1) is 0 Å². The molecule has 0 spiro atoms. The molecule has 2 heterocycles. The van der Waals surface area contributed by atoms with Crippen molar-refractivity contribution >= 4 is 5.91 Å². The number of amides is 1. The molecule has 1 atom stereocenters. The van der Waals surface area contributed by atoms with Crippen molar-refractivity contribution < 1.29 is 9.53 Å². The SMILES string of the molecule is CCOCCC1(CNC(=O)[C@H]2CCn3c(cnc3C3CCCCC3)C2)CCCC1. The lowest BCUT2D eigenvalue weighted by atomic mass is 9.82. The lowest BCUT2D eigenvalue weighted by molar-refractivity contribution is -0.126. The summed E-state index contributed by atoms with van der Waals surface area (Å²) in [5, 5.41) is 3.34. The number of imidazole rings is 1. The van der Waals surface area contributed by atoms with Crippen molar-refractivity contribution in [2.45, 2.75) is 96.4 Å². The fourth-order valence-corrected chi connectivity index (χ4v) is 5.89. The Labute approximate surface area is 176 Å². The smallest absolute Gasteiger partial charge is 0.223 e. The van der Waals surface area contributed by atoms with Crippen molar-refractivity contribution in [3.63, 3.8) is 0 Å². The second kappa shape index (κ2) is 9.63. The molecule has 2 fully saturated rings. The van der Waals surface area contributed by atoms with E-state index in [2.05, 4.69) is 16.8 Å². The van der Waals surface area contributed by atoms with Crippen LogP contribution in [0.25, 0.3) is 0 Å². The molecule has 29 heavy (non-hydrogen) atoms. The highest BCUT2D eigenvalue weighted by Crippen LogP contribution is 2.41. The van der Waals surface area contributed by atoms with E-state index in [-0.39, 0.29) is 17.2 Å². The lowest BCUT2D eigenvalue weighted by Crippen LogP contribution is -2.41. The van der Waals surface area contributed by atoms with Crippen LogP contribution in [0.1, 0.15) is 95.0 Å². The van der Waals surface area contributed by atoms with Crippen LogP contribution in [-0.2, 0) is 22.5 Å². The van der Waals surface area contributed by atoms with E-state index in [4.69, 9.17) is 9.72 Å².